The Morgan fingerprint density at radius 1 is 1.27 bits per heavy atom. The Morgan fingerprint density at radius 2 is 2.00 bits per heavy atom. The van der Waals surface area contributed by atoms with Crippen molar-refractivity contribution in [1.29, 1.82) is 0 Å². The number of epoxide rings is 1. The molecule has 1 heterocycles. The third kappa shape index (κ3) is 2.65. The quantitative estimate of drug-likeness (QED) is 0.436. The van der Waals surface area contributed by atoms with Crippen molar-refractivity contribution in [3.05, 3.63) is 23.8 Å². The van der Waals surface area contributed by atoms with E-state index in [4.69, 9.17) is 9.47 Å². The number of hydrogen-bond donors (Lipinski definition) is 0. The first-order chi connectivity index (χ1) is 15.5. The highest BCUT2D eigenvalue weighted by molar-refractivity contribution is 8.13. The summed E-state index contributed by atoms with van der Waals surface area (Å²) < 4.78 is 41.3. The van der Waals surface area contributed by atoms with Gasteiger partial charge in [-0.3, -0.25) is 14.4 Å². The molecule has 1 unspecified atom stereocenters. The van der Waals surface area contributed by atoms with E-state index in [0.717, 1.165) is 0 Å². The Kier molecular flexibility index (Phi) is 5.09. The number of alkyl halides is 2. The first kappa shape index (κ1) is 23.2. The lowest BCUT2D eigenvalue weighted by Gasteiger charge is -2.56. The minimum absolute atomic E-state index is 0.105. The fraction of sp³-hybridized carbons (Fsp3) is 0.720. The number of esters is 1. The van der Waals surface area contributed by atoms with E-state index in [-0.39, 0.29) is 42.5 Å². The van der Waals surface area contributed by atoms with Gasteiger partial charge in [-0.15, -0.1) is 0 Å². The maximum atomic E-state index is 15.6. The van der Waals surface area contributed by atoms with Crippen LogP contribution in [0.4, 0.5) is 8.78 Å². The van der Waals surface area contributed by atoms with Crippen LogP contribution in [0.15, 0.2) is 23.8 Å². The van der Waals surface area contributed by atoms with Crippen LogP contribution in [-0.4, -0.2) is 46.4 Å². The predicted molar refractivity (Wildman–Crippen MR) is 119 cm³/mol. The molecule has 8 heteroatoms. The number of fused-ring (bicyclic) bond motifs is 3. The molecule has 5 rings (SSSR count). The zero-order chi connectivity index (χ0) is 24.0. The van der Waals surface area contributed by atoms with Crippen molar-refractivity contribution in [3.8, 4) is 0 Å². The molecule has 1 saturated heterocycles. The molecular formula is C25H30F2O5S. The summed E-state index contributed by atoms with van der Waals surface area (Å²) in [5, 5.41) is -0.472. The summed E-state index contributed by atoms with van der Waals surface area (Å²) in [5.74, 6) is -1.42. The van der Waals surface area contributed by atoms with Gasteiger partial charge in [0.15, 0.2) is 11.4 Å². The first-order valence-corrected chi connectivity index (χ1v) is 12.7. The molecule has 0 aromatic carbocycles. The number of carbonyl (C=O) groups excluding carboxylic acids is 3. The molecule has 3 saturated carbocycles. The number of ether oxygens (including phenoxy) is 2. The third-order valence-electron chi connectivity index (χ3n) is 9.51. The van der Waals surface area contributed by atoms with Crippen molar-refractivity contribution >= 4 is 28.6 Å². The topological polar surface area (TPSA) is 73.0 Å². The second-order valence-electron chi connectivity index (χ2n) is 10.7. The first-order valence-electron chi connectivity index (χ1n) is 11.7. The van der Waals surface area contributed by atoms with Crippen LogP contribution < -0.4 is 0 Å². The third-order valence-corrected chi connectivity index (χ3v) is 10.2. The molecule has 0 N–H and O–H groups in total. The zero-order valence-corrected chi connectivity index (χ0v) is 20.2. The molecule has 0 bridgehead atoms. The molecule has 4 aliphatic carbocycles. The van der Waals surface area contributed by atoms with Crippen LogP contribution in [0.1, 0.15) is 53.4 Å². The van der Waals surface area contributed by atoms with Gasteiger partial charge in [0.05, 0.1) is 6.10 Å². The highest BCUT2D eigenvalue weighted by Crippen LogP contribution is 2.77. The van der Waals surface area contributed by atoms with E-state index in [2.05, 4.69) is 0 Å². The van der Waals surface area contributed by atoms with Gasteiger partial charge in [-0.2, -0.15) is 0 Å². The SMILES string of the molecule is CCC(=O)O[C@]1(C(=O)SCF)[C@H](C)C[C@H]2C3C[C@H](F)C4=CC(=O)C=C[C@]4(C)[C@@]34O[C@H]4C[C@@]21C. The Bertz CT molecular complexity index is 995. The molecule has 0 aromatic heterocycles. The molecule has 0 radical (unpaired) electrons. The van der Waals surface area contributed by atoms with Gasteiger partial charge in [0, 0.05) is 23.2 Å². The molecule has 0 aromatic rings. The summed E-state index contributed by atoms with van der Waals surface area (Å²) in [6.45, 7) is 7.42. The van der Waals surface area contributed by atoms with Crippen LogP contribution in [0.2, 0.25) is 0 Å². The molecule has 33 heavy (non-hydrogen) atoms. The van der Waals surface area contributed by atoms with E-state index in [9.17, 15) is 18.8 Å². The minimum atomic E-state index is -1.49. The van der Waals surface area contributed by atoms with Crippen LogP contribution in [0.5, 0.6) is 0 Å². The average Bonchev–Trinajstić information content (AvgIpc) is 3.44. The number of carbonyl (C=O) groups is 3. The van der Waals surface area contributed by atoms with Crippen molar-refractivity contribution in [3.63, 3.8) is 0 Å². The second-order valence-corrected chi connectivity index (χ2v) is 11.6. The van der Waals surface area contributed by atoms with Crippen LogP contribution in [0.3, 0.4) is 0 Å². The van der Waals surface area contributed by atoms with Gasteiger partial charge in [-0.25, -0.2) is 8.78 Å². The summed E-state index contributed by atoms with van der Waals surface area (Å²) in [5.41, 5.74) is -3.22. The van der Waals surface area contributed by atoms with Gasteiger partial charge < -0.3 is 9.47 Å². The fourth-order valence-electron chi connectivity index (χ4n) is 8.06. The van der Waals surface area contributed by atoms with Gasteiger partial charge in [-0.05, 0) is 67.5 Å². The minimum Gasteiger partial charge on any atom is -0.449 e. The average molecular weight is 481 g/mol. The Morgan fingerprint density at radius 3 is 2.67 bits per heavy atom. The van der Waals surface area contributed by atoms with E-state index in [1.807, 2.05) is 20.8 Å². The van der Waals surface area contributed by atoms with Crippen LogP contribution in [0.25, 0.3) is 0 Å². The zero-order valence-electron chi connectivity index (χ0n) is 19.4. The van der Waals surface area contributed by atoms with Gasteiger partial charge in [0.1, 0.15) is 17.8 Å². The molecule has 9 atom stereocenters. The lowest BCUT2D eigenvalue weighted by Crippen LogP contribution is -2.63. The van der Waals surface area contributed by atoms with Crippen LogP contribution in [-0.2, 0) is 23.9 Å². The van der Waals surface area contributed by atoms with Crippen molar-refractivity contribution in [1.82, 2.24) is 0 Å². The highest BCUT2D eigenvalue weighted by Gasteiger charge is 2.83. The number of allylic oxidation sites excluding steroid dienone is 2. The number of hydrogen-bond acceptors (Lipinski definition) is 6. The Balaban J connectivity index is 1.62. The van der Waals surface area contributed by atoms with Crippen LogP contribution in [0, 0.1) is 28.6 Å². The number of halogens is 2. The summed E-state index contributed by atoms with van der Waals surface area (Å²) in [7, 11) is 0. The monoisotopic (exact) mass is 480 g/mol. The number of thioether (sulfide) groups is 1. The predicted octanol–water partition coefficient (Wildman–Crippen LogP) is 4.50. The van der Waals surface area contributed by atoms with E-state index in [0.29, 0.717) is 30.2 Å². The molecule has 5 nitrogen and oxygen atoms in total. The summed E-state index contributed by atoms with van der Waals surface area (Å²) in [6.07, 6.45) is 4.43. The van der Waals surface area contributed by atoms with Crippen molar-refractivity contribution in [2.45, 2.75) is 76.9 Å². The summed E-state index contributed by atoms with van der Waals surface area (Å²) in [6, 6.07) is -0.900. The van der Waals surface area contributed by atoms with Gasteiger partial charge in [0.2, 0.25) is 5.12 Å². The normalized spacial score (nSPS) is 49.3. The van der Waals surface area contributed by atoms with Crippen molar-refractivity contribution in [2.75, 3.05) is 6.01 Å². The van der Waals surface area contributed by atoms with E-state index >= 15 is 4.39 Å². The van der Waals surface area contributed by atoms with Crippen molar-refractivity contribution in [2.24, 2.45) is 28.6 Å². The maximum absolute atomic E-state index is 15.6. The molecular weight excluding hydrogens is 450 g/mol. The number of rotatable bonds is 4. The van der Waals surface area contributed by atoms with Gasteiger partial charge in [-0.1, -0.05) is 26.8 Å². The molecule has 0 amide bonds. The largest absolute Gasteiger partial charge is 0.449 e. The lowest BCUT2D eigenvalue weighted by atomic mass is 9.46. The van der Waals surface area contributed by atoms with Crippen LogP contribution >= 0.6 is 11.8 Å². The van der Waals surface area contributed by atoms with E-state index < -0.39 is 45.3 Å². The summed E-state index contributed by atoms with van der Waals surface area (Å²) in [4.78, 5) is 38.0. The number of ketones is 1. The maximum Gasteiger partial charge on any atom is 0.306 e. The molecule has 180 valence electrons. The highest BCUT2D eigenvalue weighted by atomic mass is 32.2. The van der Waals surface area contributed by atoms with Crippen molar-refractivity contribution < 1.29 is 32.6 Å². The smallest absolute Gasteiger partial charge is 0.306 e. The Labute approximate surface area is 196 Å². The molecule has 1 spiro atoms. The fourth-order valence-corrected chi connectivity index (χ4v) is 8.85. The van der Waals surface area contributed by atoms with E-state index in [1.54, 1.807) is 13.0 Å². The summed E-state index contributed by atoms with van der Waals surface area (Å²) >= 11 is 0.543. The molecule has 4 fully saturated rings. The molecule has 1 aliphatic heterocycles. The van der Waals surface area contributed by atoms with Gasteiger partial charge in [0.25, 0.3) is 0 Å². The second kappa shape index (κ2) is 7.23. The van der Waals surface area contributed by atoms with E-state index in [1.165, 1.54) is 12.2 Å². The van der Waals surface area contributed by atoms with Gasteiger partial charge >= 0.3 is 5.97 Å². The Hall–Kier alpha value is -1.54. The lowest BCUT2D eigenvalue weighted by molar-refractivity contribution is -0.187. The molecule has 5 aliphatic rings. The standard InChI is InChI=1S/C25H30F2O5S/c1-5-20(29)32-24(21(30)33-12-26)13(2)8-15-16-10-18(27)17-9-14(28)6-7-22(17,3)25(16)19(31-25)11-23(15,24)4/h6-7,9,13,15-16,18-19H,5,8,10-12H2,1-4H3/t13-,15+,16?,18+,19+,22+,23+,24+,25-/m1/s1.